The van der Waals surface area contributed by atoms with Gasteiger partial charge in [0.05, 0.1) is 10.6 Å². The third-order valence-electron chi connectivity index (χ3n) is 4.33. The average molecular weight is 386 g/mol. The maximum Gasteiger partial charge on any atom is 0.264 e. The van der Waals surface area contributed by atoms with Gasteiger partial charge in [-0.3, -0.25) is 4.31 Å². The Hall–Kier alpha value is -2.11. The first-order chi connectivity index (χ1) is 12.6. The number of hydrogen-bond donors (Lipinski definition) is 0. The zero-order valence-electron chi connectivity index (χ0n) is 15.1. The highest BCUT2D eigenvalue weighted by atomic mass is 32.2. The van der Waals surface area contributed by atoms with E-state index in [0.29, 0.717) is 11.4 Å². The molecule has 0 unspecified atom stereocenters. The van der Waals surface area contributed by atoms with Gasteiger partial charge in [-0.1, -0.05) is 55.8 Å². The van der Waals surface area contributed by atoms with E-state index in [9.17, 15) is 8.42 Å². The summed E-state index contributed by atoms with van der Waals surface area (Å²) >= 11 is 1.52. The lowest BCUT2D eigenvalue weighted by molar-refractivity contribution is 0.592. The Balaban J connectivity index is 2.00. The van der Waals surface area contributed by atoms with Crippen LogP contribution in [-0.2, 0) is 16.4 Å². The SMILES string of the molecule is CCCc1ccc(S(=O)(=O)N(CC)c2cscc2-c2ccccc2)cc1. The first-order valence-corrected chi connectivity index (χ1v) is 11.2. The highest BCUT2D eigenvalue weighted by molar-refractivity contribution is 7.92. The van der Waals surface area contributed by atoms with E-state index in [1.165, 1.54) is 15.6 Å². The Morgan fingerprint density at radius 1 is 0.923 bits per heavy atom. The van der Waals surface area contributed by atoms with Crippen LogP contribution in [0.3, 0.4) is 0 Å². The summed E-state index contributed by atoms with van der Waals surface area (Å²) < 4.78 is 28.0. The van der Waals surface area contributed by atoms with E-state index in [1.807, 2.05) is 60.1 Å². The lowest BCUT2D eigenvalue weighted by Gasteiger charge is -2.23. The van der Waals surface area contributed by atoms with Gasteiger partial charge < -0.3 is 0 Å². The summed E-state index contributed by atoms with van der Waals surface area (Å²) in [4.78, 5) is 0.337. The van der Waals surface area contributed by atoms with Crippen LogP contribution in [0.1, 0.15) is 25.8 Å². The monoisotopic (exact) mass is 385 g/mol. The molecule has 26 heavy (non-hydrogen) atoms. The molecule has 0 N–H and O–H groups in total. The zero-order valence-corrected chi connectivity index (χ0v) is 16.7. The standard InChI is InChI=1S/C21H23NO2S2/c1-3-8-17-11-13-19(14-12-17)26(23,24)22(4-2)21-16-25-15-20(21)18-9-6-5-7-10-18/h5-7,9-16H,3-4,8H2,1-2H3. The van der Waals surface area contributed by atoms with E-state index in [1.54, 1.807) is 12.1 Å². The minimum atomic E-state index is -3.60. The van der Waals surface area contributed by atoms with Gasteiger partial charge in [0.1, 0.15) is 0 Å². The van der Waals surface area contributed by atoms with E-state index in [4.69, 9.17) is 0 Å². The molecule has 0 aliphatic carbocycles. The molecule has 0 saturated heterocycles. The Bertz CT molecular complexity index is 945. The molecule has 3 rings (SSSR count). The summed E-state index contributed by atoms with van der Waals surface area (Å²) in [6, 6.07) is 17.2. The second kappa shape index (κ2) is 8.06. The Labute approximate surface area is 160 Å². The lowest BCUT2D eigenvalue weighted by Crippen LogP contribution is -2.30. The Kier molecular flexibility index (Phi) is 5.79. The molecule has 0 saturated carbocycles. The van der Waals surface area contributed by atoms with Crippen molar-refractivity contribution in [1.29, 1.82) is 0 Å². The van der Waals surface area contributed by atoms with Gasteiger partial charge in [0, 0.05) is 22.9 Å². The molecule has 0 bridgehead atoms. The molecule has 0 radical (unpaired) electrons. The lowest BCUT2D eigenvalue weighted by atomic mass is 10.1. The largest absolute Gasteiger partial charge is 0.265 e. The molecule has 0 aliphatic heterocycles. The van der Waals surface area contributed by atoms with Crippen molar-refractivity contribution in [3.8, 4) is 11.1 Å². The third kappa shape index (κ3) is 3.69. The first-order valence-electron chi connectivity index (χ1n) is 8.81. The number of nitrogens with zero attached hydrogens (tertiary/aromatic N) is 1. The van der Waals surface area contributed by atoms with Crippen molar-refractivity contribution >= 4 is 27.0 Å². The zero-order chi connectivity index (χ0) is 18.6. The Morgan fingerprint density at radius 3 is 2.23 bits per heavy atom. The van der Waals surface area contributed by atoms with Crippen molar-refractivity contribution in [3.63, 3.8) is 0 Å². The second-order valence-corrected chi connectivity index (χ2v) is 8.71. The molecule has 3 aromatic rings. The molecule has 0 amide bonds. The number of thiophene rings is 1. The molecule has 1 heterocycles. The number of sulfonamides is 1. The summed E-state index contributed by atoms with van der Waals surface area (Å²) in [5, 5.41) is 3.92. The average Bonchev–Trinajstić information content (AvgIpc) is 3.13. The number of rotatable bonds is 7. The van der Waals surface area contributed by atoms with Crippen LogP contribution in [0.4, 0.5) is 5.69 Å². The third-order valence-corrected chi connectivity index (χ3v) is 6.97. The first kappa shape index (κ1) is 18.7. The van der Waals surface area contributed by atoms with E-state index >= 15 is 0 Å². The van der Waals surface area contributed by atoms with Crippen molar-refractivity contribution in [2.75, 3.05) is 10.8 Å². The van der Waals surface area contributed by atoms with Crippen molar-refractivity contribution in [2.24, 2.45) is 0 Å². The maximum absolute atomic E-state index is 13.2. The van der Waals surface area contributed by atoms with Gasteiger partial charge in [0.15, 0.2) is 0 Å². The molecular formula is C21H23NO2S2. The molecule has 0 spiro atoms. The molecule has 0 atom stereocenters. The van der Waals surface area contributed by atoms with Gasteiger partial charge in [0.25, 0.3) is 10.0 Å². The number of aryl methyl sites for hydroxylation is 1. The van der Waals surface area contributed by atoms with Crippen LogP contribution in [0.15, 0.2) is 70.3 Å². The molecule has 136 valence electrons. The van der Waals surface area contributed by atoms with Crippen LogP contribution < -0.4 is 4.31 Å². The molecular weight excluding hydrogens is 362 g/mol. The van der Waals surface area contributed by atoms with Crippen molar-refractivity contribution < 1.29 is 8.42 Å². The van der Waals surface area contributed by atoms with Crippen molar-refractivity contribution in [3.05, 3.63) is 70.9 Å². The molecule has 2 aromatic carbocycles. The van der Waals surface area contributed by atoms with Crippen molar-refractivity contribution in [1.82, 2.24) is 0 Å². The molecule has 0 fully saturated rings. The van der Waals surface area contributed by atoms with Crippen LogP contribution in [0.2, 0.25) is 0 Å². The van der Waals surface area contributed by atoms with E-state index in [-0.39, 0.29) is 0 Å². The highest BCUT2D eigenvalue weighted by Gasteiger charge is 2.26. The minimum absolute atomic E-state index is 0.337. The van der Waals surface area contributed by atoms with Crippen LogP contribution in [0.25, 0.3) is 11.1 Å². The van der Waals surface area contributed by atoms with Gasteiger partial charge in [-0.2, -0.15) is 0 Å². The van der Waals surface area contributed by atoms with E-state index in [0.717, 1.165) is 35.2 Å². The quantitative estimate of drug-likeness (QED) is 0.532. The van der Waals surface area contributed by atoms with E-state index < -0.39 is 10.0 Å². The summed E-state index contributed by atoms with van der Waals surface area (Å²) in [6.45, 7) is 4.37. The summed E-state index contributed by atoms with van der Waals surface area (Å²) in [7, 11) is -3.60. The molecule has 1 aromatic heterocycles. The topological polar surface area (TPSA) is 37.4 Å². The van der Waals surface area contributed by atoms with Gasteiger partial charge in [-0.25, -0.2) is 8.42 Å². The van der Waals surface area contributed by atoms with E-state index in [2.05, 4.69) is 6.92 Å². The second-order valence-electron chi connectivity index (χ2n) is 6.10. The molecule has 0 aliphatic rings. The summed E-state index contributed by atoms with van der Waals surface area (Å²) in [5.74, 6) is 0. The van der Waals surface area contributed by atoms with Crippen LogP contribution in [-0.4, -0.2) is 15.0 Å². The van der Waals surface area contributed by atoms with Gasteiger partial charge in [0.2, 0.25) is 0 Å². The smallest absolute Gasteiger partial charge is 0.264 e. The van der Waals surface area contributed by atoms with Gasteiger partial charge in [-0.05, 0) is 36.6 Å². The van der Waals surface area contributed by atoms with Crippen LogP contribution in [0, 0.1) is 0 Å². The number of benzene rings is 2. The molecule has 3 nitrogen and oxygen atoms in total. The number of anilines is 1. The van der Waals surface area contributed by atoms with Crippen molar-refractivity contribution in [2.45, 2.75) is 31.6 Å². The summed E-state index contributed by atoms with van der Waals surface area (Å²) in [5.41, 5.74) is 3.87. The fourth-order valence-electron chi connectivity index (χ4n) is 3.03. The van der Waals surface area contributed by atoms with Crippen LogP contribution >= 0.6 is 11.3 Å². The van der Waals surface area contributed by atoms with Gasteiger partial charge >= 0.3 is 0 Å². The fourth-order valence-corrected chi connectivity index (χ4v) is 5.43. The number of hydrogen-bond acceptors (Lipinski definition) is 3. The predicted molar refractivity (Wildman–Crippen MR) is 110 cm³/mol. The highest BCUT2D eigenvalue weighted by Crippen LogP contribution is 2.37. The minimum Gasteiger partial charge on any atom is -0.265 e. The summed E-state index contributed by atoms with van der Waals surface area (Å²) in [6.07, 6.45) is 2.00. The van der Waals surface area contributed by atoms with Crippen LogP contribution in [0.5, 0.6) is 0 Å². The van der Waals surface area contributed by atoms with Gasteiger partial charge in [-0.15, -0.1) is 11.3 Å². The Morgan fingerprint density at radius 2 is 1.62 bits per heavy atom. The fraction of sp³-hybridized carbons (Fsp3) is 0.238. The predicted octanol–water partition coefficient (Wildman–Crippen LogP) is 5.58. The molecule has 5 heteroatoms. The maximum atomic E-state index is 13.2. The normalized spacial score (nSPS) is 11.5.